The lowest BCUT2D eigenvalue weighted by atomic mass is 9.91. The third kappa shape index (κ3) is 1.58. The molecule has 2 atom stereocenters. The van der Waals surface area contributed by atoms with Crippen molar-refractivity contribution >= 4 is 17.2 Å². The molecule has 0 spiro atoms. The van der Waals surface area contributed by atoms with Gasteiger partial charge in [-0.05, 0) is 36.1 Å². The van der Waals surface area contributed by atoms with Crippen LogP contribution in [0.4, 0.5) is 0 Å². The van der Waals surface area contributed by atoms with Crippen LogP contribution in [0.5, 0.6) is 0 Å². The Hall–Kier alpha value is -0.860. The van der Waals surface area contributed by atoms with Gasteiger partial charge in [0.1, 0.15) is 5.15 Å². The summed E-state index contributed by atoms with van der Waals surface area (Å²) in [4.78, 5) is 4.14. The Morgan fingerprint density at radius 1 is 1.33 bits per heavy atom. The molecule has 3 heteroatoms. The number of allylic oxidation sites excluding steroid dienone is 1. The maximum atomic E-state index is 5.79. The number of fused-ring (bicyclic) bond motifs is 1. The van der Waals surface area contributed by atoms with Crippen LogP contribution in [-0.4, -0.2) is 18.1 Å². The highest BCUT2D eigenvalue weighted by molar-refractivity contribution is 6.29. The van der Waals surface area contributed by atoms with Crippen LogP contribution in [0, 0.1) is 11.8 Å². The van der Waals surface area contributed by atoms with Gasteiger partial charge in [-0.15, -0.1) is 0 Å². The maximum Gasteiger partial charge on any atom is 0.129 e. The first-order valence-electron chi connectivity index (χ1n) is 5.37. The summed E-state index contributed by atoms with van der Waals surface area (Å²) < 4.78 is 0. The van der Waals surface area contributed by atoms with Crippen molar-refractivity contribution in [3.8, 4) is 0 Å². The molecule has 2 aliphatic rings. The second-order valence-corrected chi connectivity index (χ2v) is 4.68. The molecule has 1 aliphatic heterocycles. The Bertz CT molecular complexity index is 397. The lowest BCUT2D eigenvalue weighted by Gasteiger charge is -2.12. The van der Waals surface area contributed by atoms with Gasteiger partial charge in [0.2, 0.25) is 0 Å². The van der Waals surface area contributed by atoms with Crippen molar-refractivity contribution in [1.29, 1.82) is 0 Å². The number of rotatable bonds is 1. The van der Waals surface area contributed by atoms with Gasteiger partial charge >= 0.3 is 0 Å². The fourth-order valence-corrected chi connectivity index (χ4v) is 2.76. The van der Waals surface area contributed by atoms with Crippen molar-refractivity contribution in [2.45, 2.75) is 6.42 Å². The Balaban J connectivity index is 1.91. The van der Waals surface area contributed by atoms with E-state index in [0.717, 1.165) is 19.0 Å². The van der Waals surface area contributed by atoms with Gasteiger partial charge in [-0.2, -0.15) is 0 Å². The quantitative estimate of drug-likeness (QED) is 0.735. The van der Waals surface area contributed by atoms with E-state index in [1.165, 1.54) is 17.6 Å². The second-order valence-electron chi connectivity index (χ2n) is 4.29. The Labute approximate surface area is 94.4 Å². The molecule has 1 N–H and O–H groups in total. The average Bonchev–Trinajstić information content (AvgIpc) is 2.80. The summed E-state index contributed by atoms with van der Waals surface area (Å²) >= 11 is 5.79. The Morgan fingerprint density at radius 2 is 2.27 bits per heavy atom. The van der Waals surface area contributed by atoms with Crippen LogP contribution >= 0.6 is 11.6 Å². The van der Waals surface area contributed by atoms with E-state index in [1.54, 1.807) is 0 Å². The standard InChI is InChI=1S/C12H13ClN2/c13-12-4-2-9(6-15-12)10-3-1-8-5-14-7-11(8)10/h2-4,6,8,11,14H,1,5,7H2. The van der Waals surface area contributed by atoms with E-state index < -0.39 is 0 Å². The third-order valence-corrected chi connectivity index (χ3v) is 3.66. The molecule has 0 saturated carbocycles. The highest BCUT2D eigenvalue weighted by atomic mass is 35.5. The van der Waals surface area contributed by atoms with E-state index >= 15 is 0 Å². The van der Waals surface area contributed by atoms with Crippen LogP contribution in [0.3, 0.4) is 0 Å². The lowest BCUT2D eigenvalue weighted by Crippen LogP contribution is -2.09. The van der Waals surface area contributed by atoms with Crippen molar-refractivity contribution in [3.05, 3.63) is 35.1 Å². The van der Waals surface area contributed by atoms with Crippen LogP contribution in [0.2, 0.25) is 5.15 Å². The number of hydrogen-bond acceptors (Lipinski definition) is 2. The molecule has 78 valence electrons. The molecule has 0 amide bonds. The van der Waals surface area contributed by atoms with Crippen molar-refractivity contribution in [2.75, 3.05) is 13.1 Å². The van der Waals surface area contributed by atoms with E-state index in [9.17, 15) is 0 Å². The smallest absolute Gasteiger partial charge is 0.129 e. The molecule has 1 aromatic heterocycles. The fraction of sp³-hybridized carbons (Fsp3) is 0.417. The molecule has 15 heavy (non-hydrogen) atoms. The predicted molar refractivity (Wildman–Crippen MR) is 61.7 cm³/mol. The highest BCUT2D eigenvalue weighted by Gasteiger charge is 2.33. The van der Waals surface area contributed by atoms with Crippen molar-refractivity contribution in [2.24, 2.45) is 11.8 Å². The van der Waals surface area contributed by atoms with E-state index in [4.69, 9.17) is 11.6 Å². The summed E-state index contributed by atoms with van der Waals surface area (Å²) in [7, 11) is 0. The number of nitrogens with one attached hydrogen (secondary N) is 1. The maximum absolute atomic E-state index is 5.79. The summed E-state index contributed by atoms with van der Waals surface area (Å²) in [5.41, 5.74) is 2.68. The molecule has 0 radical (unpaired) electrons. The van der Waals surface area contributed by atoms with E-state index in [0.29, 0.717) is 11.1 Å². The molecule has 1 fully saturated rings. The molecule has 1 saturated heterocycles. The van der Waals surface area contributed by atoms with Crippen LogP contribution in [0.15, 0.2) is 24.4 Å². The largest absolute Gasteiger partial charge is 0.316 e. The minimum atomic E-state index is 0.568. The van der Waals surface area contributed by atoms with Gasteiger partial charge in [0.05, 0.1) is 0 Å². The summed E-state index contributed by atoms with van der Waals surface area (Å²) in [6.45, 7) is 2.27. The van der Waals surface area contributed by atoms with Gasteiger partial charge < -0.3 is 5.32 Å². The minimum absolute atomic E-state index is 0.568. The highest BCUT2D eigenvalue weighted by Crippen LogP contribution is 2.39. The number of nitrogens with zero attached hydrogens (tertiary/aromatic N) is 1. The zero-order valence-electron chi connectivity index (χ0n) is 8.41. The number of hydrogen-bond donors (Lipinski definition) is 1. The summed E-state index contributed by atoms with van der Waals surface area (Å²) in [6.07, 6.45) is 5.45. The first-order chi connectivity index (χ1) is 7.34. The molecule has 2 heterocycles. The van der Waals surface area contributed by atoms with E-state index in [2.05, 4.69) is 22.4 Å². The SMILES string of the molecule is Clc1ccc(C2=CCC3CNCC23)cn1. The normalized spacial score (nSPS) is 29.0. The Morgan fingerprint density at radius 3 is 3.07 bits per heavy atom. The number of pyridine rings is 1. The van der Waals surface area contributed by atoms with Gasteiger partial charge in [0.25, 0.3) is 0 Å². The fourth-order valence-electron chi connectivity index (χ4n) is 2.65. The Kier molecular flexibility index (Phi) is 2.26. The summed E-state index contributed by atoms with van der Waals surface area (Å²) in [5.74, 6) is 1.49. The van der Waals surface area contributed by atoms with E-state index in [1.807, 2.05) is 12.3 Å². The molecule has 0 bridgehead atoms. The average molecular weight is 221 g/mol. The first-order valence-corrected chi connectivity index (χ1v) is 5.75. The van der Waals surface area contributed by atoms with Crippen LogP contribution < -0.4 is 5.32 Å². The molecular weight excluding hydrogens is 208 g/mol. The van der Waals surface area contributed by atoms with Crippen molar-refractivity contribution in [1.82, 2.24) is 10.3 Å². The molecule has 1 aliphatic carbocycles. The topological polar surface area (TPSA) is 24.9 Å². The number of aromatic nitrogens is 1. The van der Waals surface area contributed by atoms with Gasteiger partial charge in [-0.3, -0.25) is 0 Å². The van der Waals surface area contributed by atoms with Gasteiger partial charge in [0.15, 0.2) is 0 Å². The first kappa shape index (κ1) is 9.37. The van der Waals surface area contributed by atoms with Crippen molar-refractivity contribution in [3.63, 3.8) is 0 Å². The predicted octanol–water partition coefficient (Wildman–Crippen LogP) is 2.36. The van der Waals surface area contributed by atoms with Crippen molar-refractivity contribution < 1.29 is 0 Å². The lowest BCUT2D eigenvalue weighted by molar-refractivity contribution is 0.542. The minimum Gasteiger partial charge on any atom is -0.316 e. The van der Waals surface area contributed by atoms with Crippen LogP contribution in [-0.2, 0) is 0 Å². The van der Waals surface area contributed by atoms with E-state index in [-0.39, 0.29) is 0 Å². The summed E-state index contributed by atoms with van der Waals surface area (Å²) in [6, 6.07) is 3.94. The molecule has 3 rings (SSSR count). The van der Waals surface area contributed by atoms with Gasteiger partial charge in [-0.1, -0.05) is 23.7 Å². The zero-order chi connectivity index (χ0) is 10.3. The van der Waals surface area contributed by atoms with Crippen LogP contribution in [0.1, 0.15) is 12.0 Å². The number of halogens is 1. The molecule has 2 unspecified atom stereocenters. The van der Waals surface area contributed by atoms with Gasteiger partial charge in [0, 0.05) is 18.7 Å². The molecule has 1 aromatic rings. The second kappa shape index (κ2) is 3.62. The molecular formula is C12H13ClN2. The zero-order valence-corrected chi connectivity index (χ0v) is 9.17. The molecule has 2 nitrogen and oxygen atoms in total. The van der Waals surface area contributed by atoms with Gasteiger partial charge in [-0.25, -0.2) is 4.98 Å². The van der Waals surface area contributed by atoms with Crippen LogP contribution in [0.25, 0.3) is 5.57 Å². The summed E-state index contributed by atoms with van der Waals surface area (Å²) in [5, 5.41) is 4.02. The third-order valence-electron chi connectivity index (χ3n) is 3.44. The monoisotopic (exact) mass is 220 g/mol. The molecule has 0 aromatic carbocycles.